The molecule has 0 fully saturated rings. The Balaban J connectivity index is 1.55. The number of nitrogens with two attached hydrogens (primary N) is 1. The van der Waals surface area contributed by atoms with Gasteiger partial charge in [-0.05, 0) is 36.8 Å². The molecule has 0 saturated heterocycles. The van der Waals surface area contributed by atoms with Crippen molar-refractivity contribution in [3.8, 4) is 11.4 Å². The maximum absolute atomic E-state index is 15.1. The van der Waals surface area contributed by atoms with Crippen LogP contribution in [0.15, 0.2) is 40.3 Å². The van der Waals surface area contributed by atoms with Gasteiger partial charge >= 0.3 is 6.18 Å². The Morgan fingerprint density at radius 3 is 2.51 bits per heavy atom. The van der Waals surface area contributed by atoms with Crippen LogP contribution >= 0.6 is 0 Å². The summed E-state index contributed by atoms with van der Waals surface area (Å²) in [5, 5.41) is 7.26. The van der Waals surface area contributed by atoms with Gasteiger partial charge in [0.15, 0.2) is 17.5 Å². The van der Waals surface area contributed by atoms with Crippen LogP contribution in [-0.4, -0.2) is 30.8 Å². The molecule has 0 unspecified atom stereocenters. The molecular weight excluding hydrogens is 563 g/mol. The van der Waals surface area contributed by atoms with E-state index in [4.69, 9.17) is 5.73 Å². The van der Waals surface area contributed by atoms with Crippen LogP contribution < -0.4 is 22.2 Å². The number of benzene rings is 1. The molecule has 16 heteroatoms. The van der Waals surface area contributed by atoms with Crippen LogP contribution in [0.2, 0.25) is 0 Å². The zero-order valence-corrected chi connectivity index (χ0v) is 21.2. The molecule has 3 heterocycles. The number of nitrogens with one attached hydrogen (secondary N) is 2. The number of aromatic nitrogens is 5. The fraction of sp³-hybridized carbons (Fsp3) is 0.320. The van der Waals surface area contributed by atoms with Gasteiger partial charge in [0.2, 0.25) is 0 Å². The second-order valence-corrected chi connectivity index (χ2v) is 9.04. The molecule has 0 amide bonds. The van der Waals surface area contributed by atoms with E-state index in [1.807, 2.05) is 0 Å². The quantitative estimate of drug-likeness (QED) is 0.235. The van der Waals surface area contributed by atoms with Crippen molar-refractivity contribution in [1.82, 2.24) is 24.7 Å². The number of hydrogen-bond donors (Lipinski definition) is 3. The number of H-pyrrole nitrogens is 1. The van der Waals surface area contributed by atoms with E-state index in [2.05, 4.69) is 20.4 Å². The molecule has 1 aromatic carbocycles. The van der Waals surface area contributed by atoms with Gasteiger partial charge in [-0.2, -0.15) is 18.3 Å². The molecule has 9 nitrogen and oxygen atoms in total. The highest BCUT2D eigenvalue weighted by Gasteiger charge is 2.37. The van der Waals surface area contributed by atoms with E-state index in [0.717, 1.165) is 16.8 Å². The fourth-order valence-corrected chi connectivity index (χ4v) is 4.31. The number of fused-ring (bicyclic) bond motifs is 1. The Hall–Kier alpha value is -4.50. The summed E-state index contributed by atoms with van der Waals surface area (Å²) in [5.41, 5.74) is 0.178. The standard InChI is InChI=1S/C25H22F7N7O2/c1-2-12(36-15-10-35-38-23(40)17(15)25(30,31)32)4-3-6-39-7-5-11-8-13(18(26)19(27)16(11)24(39)41)22-34-9-14(20(28)29)21(33)37-22/h5,7-10,12,20H,2-4,6H2,1H3,(H2,33,34,37)(H2,36,38,40)/t12-/m0/s1. The zero-order chi connectivity index (χ0) is 30.1. The lowest BCUT2D eigenvalue weighted by atomic mass is 10.1. The van der Waals surface area contributed by atoms with Gasteiger partial charge in [-0.15, -0.1) is 0 Å². The maximum Gasteiger partial charge on any atom is 0.423 e. The number of hydrogen-bond acceptors (Lipinski definition) is 7. The SMILES string of the molecule is CC[C@@H](CCCn1ccc2cc(-c3ncc(C(F)F)c(N)n3)c(F)c(F)c2c1=O)Nc1cn[nH]c(=O)c1C(F)(F)F. The van der Waals surface area contributed by atoms with Crippen LogP contribution in [0.25, 0.3) is 22.2 Å². The predicted molar refractivity (Wildman–Crippen MR) is 135 cm³/mol. The van der Waals surface area contributed by atoms with Crippen LogP contribution in [0.4, 0.5) is 42.2 Å². The lowest BCUT2D eigenvalue weighted by Crippen LogP contribution is -2.28. The second kappa shape index (κ2) is 11.5. The van der Waals surface area contributed by atoms with Crippen LogP contribution in [-0.2, 0) is 12.7 Å². The fourth-order valence-electron chi connectivity index (χ4n) is 4.31. The van der Waals surface area contributed by atoms with Crippen LogP contribution in [0.1, 0.15) is 43.7 Å². The average Bonchev–Trinajstić information content (AvgIpc) is 2.90. The Bertz CT molecular complexity index is 1700. The van der Waals surface area contributed by atoms with E-state index in [0.29, 0.717) is 12.6 Å². The summed E-state index contributed by atoms with van der Waals surface area (Å²) in [6.07, 6.45) is -4.11. The summed E-state index contributed by atoms with van der Waals surface area (Å²) in [4.78, 5) is 32.0. The summed E-state index contributed by atoms with van der Waals surface area (Å²) in [6, 6.07) is 1.91. The number of nitrogen functional groups attached to an aromatic ring is 1. The highest BCUT2D eigenvalue weighted by Crippen LogP contribution is 2.32. The van der Waals surface area contributed by atoms with E-state index in [-0.39, 0.29) is 24.8 Å². The van der Waals surface area contributed by atoms with Crippen molar-refractivity contribution < 1.29 is 30.7 Å². The summed E-state index contributed by atoms with van der Waals surface area (Å²) >= 11 is 0. The minimum absolute atomic E-state index is 0.00478. The van der Waals surface area contributed by atoms with Gasteiger partial charge in [0.05, 0.1) is 28.4 Å². The summed E-state index contributed by atoms with van der Waals surface area (Å²) in [5.74, 6) is -4.02. The number of pyridine rings is 1. The van der Waals surface area contributed by atoms with Crippen molar-refractivity contribution in [1.29, 1.82) is 0 Å². The van der Waals surface area contributed by atoms with E-state index in [1.165, 1.54) is 12.3 Å². The number of nitrogens with zero attached hydrogens (tertiary/aromatic N) is 4. The van der Waals surface area contributed by atoms with Crippen molar-refractivity contribution in [3.05, 3.63) is 74.2 Å². The average molecular weight is 585 g/mol. The minimum atomic E-state index is -4.91. The molecule has 0 bridgehead atoms. The predicted octanol–water partition coefficient (Wildman–Crippen LogP) is 5.03. The normalized spacial score (nSPS) is 12.7. The van der Waals surface area contributed by atoms with Gasteiger partial charge in [-0.3, -0.25) is 9.59 Å². The first-order chi connectivity index (χ1) is 19.3. The Morgan fingerprint density at radius 1 is 1.15 bits per heavy atom. The third-order valence-electron chi connectivity index (χ3n) is 6.41. The number of halogens is 7. The molecule has 0 saturated carbocycles. The molecule has 4 N–H and O–H groups in total. The van der Waals surface area contributed by atoms with Gasteiger partial charge in [-0.1, -0.05) is 6.92 Å². The van der Waals surface area contributed by atoms with E-state index >= 15 is 4.39 Å². The third kappa shape index (κ3) is 6.00. The molecule has 3 aromatic heterocycles. The van der Waals surface area contributed by atoms with Gasteiger partial charge in [-0.25, -0.2) is 32.6 Å². The molecule has 0 radical (unpaired) electrons. The first kappa shape index (κ1) is 29.5. The van der Waals surface area contributed by atoms with Crippen molar-refractivity contribution in [2.45, 2.75) is 51.4 Å². The van der Waals surface area contributed by atoms with E-state index in [9.17, 15) is 35.9 Å². The Kier molecular flexibility index (Phi) is 8.30. The third-order valence-corrected chi connectivity index (χ3v) is 6.41. The topological polar surface area (TPSA) is 132 Å². The molecule has 0 aliphatic rings. The number of alkyl halides is 5. The summed E-state index contributed by atoms with van der Waals surface area (Å²) in [6.45, 7) is 1.73. The van der Waals surface area contributed by atoms with Crippen molar-refractivity contribution in [3.63, 3.8) is 0 Å². The molecule has 4 aromatic rings. The molecule has 41 heavy (non-hydrogen) atoms. The lowest BCUT2D eigenvalue weighted by molar-refractivity contribution is -0.138. The highest BCUT2D eigenvalue weighted by atomic mass is 19.4. The molecule has 0 aliphatic heterocycles. The van der Waals surface area contributed by atoms with Gasteiger partial charge in [0.1, 0.15) is 11.4 Å². The summed E-state index contributed by atoms with van der Waals surface area (Å²) in [7, 11) is 0. The molecule has 0 spiro atoms. The minimum Gasteiger partial charge on any atom is -0.383 e. The first-order valence-electron chi connectivity index (χ1n) is 12.2. The van der Waals surface area contributed by atoms with Gasteiger partial charge in [0, 0.05) is 25.0 Å². The highest BCUT2D eigenvalue weighted by molar-refractivity contribution is 5.86. The first-order valence-corrected chi connectivity index (χ1v) is 12.2. The largest absolute Gasteiger partial charge is 0.423 e. The lowest BCUT2D eigenvalue weighted by Gasteiger charge is -2.20. The van der Waals surface area contributed by atoms with Crippen molar-refractivity contribution in [2.24, 2.45) is 0 Å². The second-order valence-electron chi connectivity index (χ2n) is 9.04. The Morgan fingerprint density at radius 2 is 1.88 bits per heavy atom. The molecule has 218 valence electrons. The molecule has 4 rings (SSSR count). The number of rotatable bonds is 9. The summed E-state index contributed by atoms with van der Waals surface area (Å²) < 4.78 is 97.0. The van der Waals surface area contributed by atoms with Crippen LogP contribution in [0.5, 0.6) is 0 Å². The number of aryl methyl sites for hydroxylation is 1. The van der Waals surface area contributed by atoms with Crippen LogP contribution in [0, 0.1) is 11.6 Å². The molecular formula is C25H22F7N7O2. The Labute approximate surface area is 226 Å². The van der Waals surface area contributed by atoms with Crippen molar-refractivity contribution in [2.75, 3.05) is 11.1 Å². The molecule has 0 aliphatic carbocycles. The number of anilines is 2. The monoisotopic (exact) mass is 585 g/mol. The van der Waals surface area contributed by atoms with Gasteiger partial charge in [0.25, 0.3) is 17.5 Å². The zero-order valence-electron chi connectivity index (χ0n) is 21.2. The van der Waals surface area contributed by atoms with Crippen molar-refractivity contribution >= 4 is 22.3 Å². The maximum atomic E-state index is 15.1. The van der Waals surface area contributed by atoms with E-state index < -0.39 is 80.8 Å². The number of aromatic amines is 1. The van der Waals surface area contributed by atoms with Crippen LogP contribution in [0.3, 0.4) is 0 Å². The molecule has 1 atom stereocenters. The smallest absolute Gasteiger partial charge is 0.383 e. The van der Waals surface area contributed by atoms with Gasteiger partial charge < -0.3 is 15.6 Å². The van der Waals surface area contributed by atoms with E-state index in [1.54, 1.807) is 12.0 Å².